The Hall–Kier alpha value is -1.40. The first-order chi connectivity index (χ1) is 8.02. The maximum absolute atomic E-state index is 10.6. The van der Waals surface area contributed by atoms with Crippen LogP contribution in [0.5, 0.6) is 0 Å². The molecule has 17 heavy (non-hydrogen) atoms. The molecule has 0 fully saturated rings. The number of halogens is 1. The minimum Gasteiger partial charge on any atom is -0.393 e. The summed E-state index contributed by atoms with van der Waals surface area (Å²) in [4.78, 5) is 14.0. The Morgan fingerprint density at radius 2 is 2.35 bits per heavy atom. The second-order valence-corrected chi connectivity index (χ2v) is 3.96. The average Bonchev–Trinajstić information content (AvgIpc) is 2.28. The van der Waals surface area contributed by atoms with Crippen molar-refractivity contribution in [2.75, 3.05) is 11.9 Å². The first-order valence-corrected chi connectivity index (χ1v) is 5.64. The van der Waals surface area contributed by atoms with Gasteiger partial charge >= 0.3 is 0 Å². The second kappa shape index (κ2) is 6.36. The molecule has 0 spiro atoms. The van der Waals surface area contributed by atoms with Gasteiger partial charge in [0.25, 0.3) is 5.69 Å². The molecule has 1 aromatic heterocycles. The number of aromatic nitrogens is 1. The van der Waals surface area contributed by atoms with Crippen LogP contribution < -0.4 is 5.32 Å². The molecule has 0 saturated carbocycles. The lowest BCUT2D eigenvalue weighted by Crippen LogP contribution is -2.13. The molecule has 0 aliphatic carbocycles. The van der Waals surface area contributed by atoms with Crippen molar-refractivity contribution >= 4 is 23.1 Å². The van der Waals surface area contributed by atoms with Crippen molar-refractivity contribution in [1.82, 2.24) is 4.98 Å². The highest BCUT2D eigenvalue weighted by atomic mass is 35.5. The van der Waals surface area contributed by atoms with Crippen LogP contribution >= 0.6 is 11.6 Å². The molecule has 0 saturated heterocycles. The molecule has 6 nitrogen and oxygen atoms in total. The van der Waals surface area contributed by atoms with E-state index in [2.05, 4.69) is 10.3 Å². The predicted octanol–water partition coefficient (Wildman–Crippen LogP) is 2.22. The molecule has 94 valence electrons. The lowest BCUT2D eigenvalue weighted by atomic mass is 10.2. The maximum Gasteiger partial charge on any atom is 0.276 e. The largest absolute Gasteiger partial charge is 0.393 e. The summed E-state index contributed by atoms with van der Waals surface area (Å²) in [5.74, 6) is 0.340. The summed E-state index contributed by atoms with van der Waals surface area (Å²) in [6.45, 7) is 2.37. The quantitative estimate of drug-likeness (QED) is 0.465. The van der Waals surface area contributed by atoms with Gasteiger partial charge in [0.05, 0.1) is 23.2 Å². The van der Waals surface area contributed by atoms with Gasteiger partial charge in [-0.15, -0.1) is 0 Å². The van der Waals surface area contributed by atoms with Crippen molar-refractivity contribution in [3.63, 3.8) is 0 Å². The van der Waals surface area contributed by atoms with Crippen LogP contribution in [0.1, 0.15) is 19.8 Å². The summed E-state index contributed by atoms with van der Waals surface area (Å²) < 4.78 is 0. The van der Waals surface area contributed by atoms with Gasteiger partial charge < -0.3 is 10.4 Å². The van der Waals surface area contributed by atoms with Crippen molar-refractivity contribution < 1.29 is 10.0 Å². The summed E-state index contributed by atoms with van der Waals surface area (Å²) in [5.41, 5.74) is -0.108. The highest BCUT2D eigenvalue weighted by molar-refractivity contribution is 6.29. The summed E-state index contributed by atoms with van der Waals surface area (Å²) >= 11 is 5.66. The minimum absolute atomic E-state index is 0.0674. The van der Waals surface area contributed by atoms with Crippen LogP contribution in [0.2, 0.25) is 5.15 Å². The Labute approximate surface area is 104 Å². The molecule has 1 atom stereocenters. The van der Waals surface area contributed by atoms with Gasteiger partial charge in [0.2, 0.25) is 0 Å². The Kier molecular flexibility index (Phi) is 5.11. The molecular weight excluding hydrogens is 246 g/mol. The number of pyridine rings is 1. The lowest BCUT2D eigenvalue weighted by molar-refractivity contribution is -0.384. The fourth-order valence-corrected chi connectivity index (χ4v) is 1.45. The van der Waals surface area contributed by atoms with Crippen molar-refractivity contribution in [2.45, 2.75) is 25.9 Å². The van der Waals surface area contributed by atoms with Gasteiger partial charge in [-0.25, -0.2) is 4.98 Å². The molecule has 0 aromatic carbocycles. The highest BCUT2D eigenvalue weighted by Gasteiger charge is 2.10. The predicted molar refractivity (Wildman–Crippen MR) is 65.3 cm³/mol. The van der Waals surface area contributed by atoms with Crippen molar-refractivity contribution in [3.8, 4) is 0 Å². The zero-order chi connectivity index (χ0) is 12.8. The number of nitrogens with zero attached hydrogens (tertiary/aromatic N) is 2. The van der Waals surface area contributed by atoms with E-state index in [1.54, 1.807) is 0 Å². The zero-order valence-electron chi connectivity index (χ0n) is 9.39. The Morgan fingerprint density at radius 1 is 1.65 bits per heavy atom. The van der Waals surface area contributed by atoms with Crippen LogP contribution in [0.4, 0.5) is 11.5 Å². The van der Waals surface area contributed by atoms with Gasteiger partial charge in [0.15, 0.2) is 0 Å². The number of hydrogen-bond donors (Lipinski definition) is 2. The smallest absolute Gasteiger partial charge is 0.276 e. The number of hydrogen-bond acceptors (Lipinski definition) is 5. The van der Waals surface area contributed by atoms with Crippen molar-refractivity contribution in [1.29, 1.82) is 0 Å². The van der Waals surface area contributed by atoms with Crippen LogP contribution in [-0.4, -0.2) is 27.7 Å². The Bertz CT molecular complexity index is 400. The molecule has 1 heterocycles. The van der Waals surface area contributed by atoms with E-state index in [4.69, 9.17) is 11.6 Å². The van der Waals surface area contributed by atoms with Gasteiger partial charge in [-0.05, 0) is 12.8 Å². The van der Waals surface area contributed by atoms with Crippen LogP contribution in [0.15, 0.2) is 12.1 Å². The number of aliphatic hydroxyl groups is 1. The third kappa shape index (κ3) is 4.54. The van der Waals surface area contributed by atoms with Gasteiger partial charge in [-0.1, -0.05) is 18.5 Å². The first kappa shape index (κ1) is 13.7. The first-order valence-electron chi connectivity index (χ1n) is 5.27. The van der Waals surface area contributed by atoms with E-state index >= 15 is 0 Å². The molecule has 0 bridgehead atoms. The molecule has 0 aliphatic heterocycles. The van der Waals surface area contributed by atoms with Crippen molar-refractivity contribution in [2.24, 2.45) is 0 Å². The van der Waals surface area contributed by atoms with E-state index in [1.165, 1.54) is 12.1 Å². The molecule has 1 aromatic rings. The van der Waals surface area contributed by atoms with Gasteiger partial charge in [0.1, 0.15) is 11.0 Å². The SMILES string of the molecule is CCC(O)CCNc1cc([N+](=O)[O-])cc(Cl)n1. The van der Waals surface area contributed by atoms with E-state index in [1.807, 2.05) is 6.92 Å². The molecule has 2 N–H and O–H groups in total. The average molecular weight is 260 g/mol. The fourth-order valence-electron chi connectivity index (χ4n) is 1.25. The number of nitrogens with one attached hydrogen (secondary N) is 1. The van der Waals surface area contributed by atoms with Gasteiger partial charge in [0, 0.05) is 6.54 Å². The Balaban J connectivity index is 2.62. The summed E-state index contributed by atoms with van der Waals surface area (Å²) in [7, 11) is 0. The lowest BCUT2D eigenvalue weighted by Gasteiger charge is -2.09. The van der Waals surface area contributed by atoms with E-state index in [-0.39, 0.29) is 16.9 Å². The van der Waals surface area contributed by atoms with Crippen LogP contribution in [0.3, 0.4) is 0 Å². The molecule has 0 radical (unpaired) electrons. The summed E-state index contributed by atoms with van der Waals surface area (Å²) in [6.07, 6.45) is 0.847. The number of anilines is 1. The van der Waals surface area contributed by atoms with E-state index in [9.17, 15) is 15.2 Å². The van der Waals surface area contributed by atoms with E-state index in [0.717, 1.165) is 0 Å². The van der Waals surface area contributed by atoms with Crippen LogP contribution in [0.25, 0.3) is 0 Å². The molecule has 1 unspecified atom stereocenters. The third-order valence-electron chi connectivity index (χ3n) is 2.24. The fraction of sp³-hybridized carbons (Fsp3) is 0.500. The molecule has 7 heteroatoms. The topological polar surface area (TPSA) is 88.3 Å². The van der Waals surface area contributed by atoms with Gasteiger partial charge in [-0.2, -0.15) is 0 Å². The van der Waals surface area contributed by atoms with Gasteiger partial charge in [-0.3, -0.25) is 10.1 Å². The summed E-state index contributed by atoms with van der Waals surface area (Å²) in [5, 5.41) is 22.9. The van der Waals surface area contributed by atoms with Crippen molar-refractivity contribution in [3.05, 3.63) is 27.4 Å². The number of rotatable bonds is 6. The number of nitro groups is 1. The van der Waals surface area contributed by atoms with E-state index in [0.29, 0.717) is 25.2 Å². The Morgan fingerprint density at radius 3 is 2.94 bits per heavy atom. The maximum atomic E-state index is 10.6. The zero-order valence-corrected chi connectivity index (χ0v) is 10.1. The standard InChI is InChI=1S/C10H14ClN3O3/c1-2-8(15)3-4-12-10-6-7(14(16)17)5-9(11)13-10/h5-6,8,15H,2-4H2,1H3,(H,12,13). The minimum atomic E-state index is -0.528. The molecule has 1 rings (SSSR count). The van der Waals surface area contributed by atoms with Crippen LogP contribution in [0, 0.1) is 10.1 Å². The second-order valence-electron chi connectivity index (χ2n) is 3.57. The number of aliphatic hydroxyl groups excluding tert-OH is 1. The normalized spacial score (nSPS) is 12.2. The van der Waals surface area contributed by atoms with Crippen LogP contribution in [-0.2, 0) is 0 Å². The molecule has 0 aliphatic rings. The van der Waals surface area contributed by atoms with E-state index < -0.39 is 4.92 Å². The summed E-state index contributed by atoms with van der Waals surface area (Å²) in [6, 6.07) is 2.50. The molecular formula is C10H14ClN3O3. The third-order valence-corrected chi connectivity index (χ3v) is 2.44. The monoisotopic (exact) mass is 259 g/mol. The molecule has 0 amide bonds. The highest BCUT2D eigenvalue weighted by Crippen LogP contribution is 2.20.